The summed E-state index contributed by atoms with van der Waals surface area (Å²) in [5, 5.41) is 3.76. The molecule has 0 unspecified atom stereocenters. The molecule has 0 aromatic carbocycles. The second-order valence-corrected chi connectivity index (χ2v) is 5.97. The van der Waals surface area contributed by atoms with Crippen LogP contribution in [0, 0.1) is 0 Å². The lowest BCUT2D eigenvalue weighted by Gasteiger charge is -2.01. The summed E-state index contributed by atoms with van der Waals surface area (Å²) in [6.07, 6.45) is 5.38. The van der Waals surface area contributed by atoms with Crippen molar-refractivity contribution in [2.75, 3.05) is 18.6 Å². The molecule has 0 aliphatic heterocycles. The molecule has 2 heterocycles. The lowest BCUT2D eigenvalue weighted by atomic mass is 10.3. The summed E-state index contributed by atoms with van der Waals surface area (Å²) < 4.78 is 0. The van der Waals surface area contributed by atoms with Crippen LogP contribution in [0.1, 0.15) is 9.67 Å². The number of nitrogens with one attached hydrogen (secondary N) is 1. The Bertz CT molecular complexity index is 559. The third-order valence-corrected chi connectivity index (χ3v) is 4.39. The van der Waals surface area contributed by atoms with Gasteiger partial charge in [0.05, 0.1) is 0 Å². The number of carbonyl (C=O) groups excluding carboxylic acids is 1. The summed E-state index contributed by atoms with van der Waals surface area (Å²) in [5.41, 5.74) is 0.859. The fourth-order valence-electron chi connectivity index (χ4n) is 1.40. The van der Waals surface area contributed by atoms with Crippen molar-refractivity contribution in [3.05, 3.63) is 34.6 Å². The molecule has 2 aromatic rings. The van der Waals surface area contributed by atoms with Crippen LogP contribution in [0.5, 0.6) is 0 Å². The van der Waals surface area contributed by atoms with Gasteiger partial charge in [-0.2, -0.15) is 11.8 Å². The van der Waals surface area contributed by atoms with Crippen LogP contribution < -0.4 is 5.32 Å². The Morgan fingerprint density at radius 1 is 1.58 bits per heavy atom. The second kappa shape index (κ2) is 6.88. The Kier molecular flexibility index (Phi) is 5.18. The number of aromatic nitrogens is 2. The first-order valence-electron chi connectivity index (χ1n) is 5.56. The number of halogens is 1. The minimum Gasteiger partial charge on any atom is -0.350 e. The van der Waals surface area contributed by atoms with Crippen molar-refractivity contribution < 1.29 is 4.79 Å². The van der Waals surface area contributed by atoms with Crippen molar-refractivity contribution in [3.8, 4) is 10.6 Å². The fraction of sp³-hybridized carbons (Fsp3) is 0.250. The number of thioether (sulfide) groups is 1. The first kappa shape index (κ1) is 14.3. The van der Waals surface area contributed by atoms with E-state index in [1.807, 2.05) is 18.4 Å². The van der Waals surface area contributed by atoms with Crippen molar-refractivity contribution in [2.24, 2.45) is 0 Å². The predicted octanol–water partition coefficient (Wildman–Crippen LogP) is 2.95. The lowest BCUT2D eigenvalue weighted by molar-refractivity contribution is 0.0960. The summed E-state index contributed by atoms with van der Waals surface area (Å²) in [5.74, 6) is 0.698. The van der Waals surface area contributed by atoms with Gasteiger partial charge < -0.3 is 5.32 Å². The summed E-state index contributed by atoms with van der Waals surface area (Å²) in [7, 11) is 0. The highest BCUT2D eigenvalue weighted by molar-refractivity contribution is 7.98. The molecule has 0 aliphatic rings. The molecule has 1 N–H and O–H groups in total. The highest BCUT2D eigenvalue weighted by Crippen LogP contribution is 2.30. The minimum absolute atomic E-state index is 0.174. The largest absolute Gasteiger partial charge is 0.350 e. The summed E-state index contributed by atoms with van der Waals surface area (Å²) >= 11 is 8.97. The van der Waals surface area contributed by atoms with Crippen molar-refractivity contribution in [2.45, 2.75) is 0 Å². The van der Waals surface area contributed by atoms with Gasteiger partial charge in [-0.15, -0.1) is 11.3 Å². The molecule has 2 aromatic heterocycles. The first-order chi connectivity index (χ1) is 9.22. The molecule has 19 heavy (non-hydrogen) atoms. The molecule has 0 aliphatic carbocycles. The number of amides is 1. The molecular formula is C12H12ClN3OS2. The van der Waals surface area contributed by atoms with Gasteiger partial charge in [0.15, 0.2) is 5.15 Å². The fourth-order valence-corrected chi connectivity index (χ4v) is 2.91. The molecule has 4 nitrogen and oxygen atoms in total. The predicted molar refractivity (Wildman–Crippen MR) is 81.1 cm³/mol. The van der Waals surface area contributed by atoms with E-state index >= 15 is 0 Å². The van der Waals surface area contributed by atoms with Crippen LogP contribution in [-0.4, -0.2) is 34.4 Å². The Morgan fingerprint density at radius 3 is 3.11 bits per heavy atom. The SMILES string of the molecule is CSCCNC(=O)c1sc(-c2cccnc2)nc1Cl. The van der Waals surface area contributed by atoms with E-state index in [-0.39, 0.29) is 11.1 Å². The minimum atomic E-state index is -0.174. The van der Waals surface area contributed by atoms with E-state index in [9.17, 15) is 4.79 Å². The van der Waals surface area contributed by atoms with E-state index < -0.39 is 0 Å². The zero-order valence-electron chi connectivity index (χ0n) is 10.2. The van der Waals surface area contributed by atoms with Gasteiger partial charge in [0.1, 0.15) is 9.88 Å². The number of thiazole rings is 1. The maximum Gasteiger partial charge on any atom is 0.264 e. The molecule has 0 bridgehead atoms. The average molecular weight is 314 g/mol. The van der Waals surface area contributed by atoms with E-state index in [1.54, 1.807) is 24.2 Å². The molecule has 7 heteroatoms. The molecule has 0 radical (unpaired) electrons. The van der Waals surface area contributed by atoms with Gasteiger partial charge in [0, 0.05) is 30.3 Å². The van der Waals surface area contributed by atoms with Crippen LogP contribution in [0.3, 0.4) is 0 Å². The van der Waals surface area contributed by atoms with Gasteiger partial charge in [-0.1, -0.05) is 11.6 Å². The Hall–Kier alpha value is -1.11. The summed E-state index contributed by atoms with van der Waals surface area (Å²) in [6.45, 7) is 0.621. The smallest absolute Gasteiger partial charge is 0.264 e. The van der Waals surface area contributed by atoms with Crippen LogP contribution in [0.25, 0.3) is 10.6 Å². The number of pyridine rings is 1. The number of rotatable bonds is 5. The maximum absolute atomic E-state index is 11.9. The van der Waals surface area contributed by atoms with E-state index in [4.69, 9.17) is 11.6 Å². The molecule has 0 atom stereocenters. The lowest BCUT2D eigenvalue weighted by Crippen LogP contribution is -2.25. The van der Waals surface area contributed by atoms with E-state index in [0.29, 0.717) is 16.4 Å². The highest BCUT2D eigenvalue weighted by atomic mass is 35.5. The van der Waals surface area contributed by atoms with Gasteiger partial charge in [-0.05, 0) is 18.4 Å². The third-order valence-electron chi connectivity index (χ3n) is 2.29. The van der Waals surface area contributed by atoms with Crippen LogP contribution in [0.4, 0.5) is 0 Å². The molecule has 100 valence electrons. The van der Waals surface area contributed by atoms with Crippen LogP contribution in [0.15, 0.2) is 24.5 Å². The van der Waals surface area contributed by atoms with Crippen LogP contribution in [-0.2, 0) is 0 Å². The molecule has 1 amide bonds. The summed E-state index contributed by atoms with van der Waals surface area (Å²) in [6, 6.07) is 3.71. The second-order valence-electron chi connectivity index (χ2n) is 3.63. The Labute approximate surface area is 124 Å². The monoisotopic (exact) mass is 313 g/mol. The van der Waals surface area contributed by atoms with Crippen LogP contribution >= 0.6 is 34.7 Å². The first-order valence-corrected chi connectivity index (χ1v) is 8.15. The topological polar surface area (TPSA) is 54.9 Å². The molecule has 2 rings (SSSR count). The quantitative estimate of drug-likeness (QED) is 0.862. The normalized spacial score (nSPS) is 10.4. The van der Waals surface area contributed by atoms with E-state index in [0.717, 1.165) is 11.3 Å². The van der Waals surface area contributed by atoms with Gasteiger partial charge in [-0.25, -0.2) is 4.98 Å². The number of nitrogens with zero attached hydrogens (tertiary/aromatic N) is 2. The van der Waals surface area contributed by atoms with Crippen molar-refractivity contribution in [1.82, 2.24) is 15.3 Å². The third kappa shape index (κ3) is 3.68. The molecule has 0 saturated carbocycles. The van der Waals surface area contributed by atoms with Crippen molar-refractivity contribution in [1.29, 1.82) is 0 Å². The average Bonchev–Trinajstić information content (AvgIpc) is 2.82. The van der Waals surface area contributed by atoms with Gasteiger partial charge >= 0.3 is 0 Å². The van der Waals surface area contributed by atoms with Crippen LogP contribution in [0.2, 0.25) is 5.15 Å². The number of hydrogen-bond donors (Lipinski definition) is 1. The molecule has 0 fully saturated rings. The van der Waals surface area contributed by atoms with Gasteiger partial charge in [0.2, 0.25) is 0 Å². The Morgan fingerprint density at radius 2 is 2.42 bits per heavy atom. The molecular weight excluding hydrogens is 302 g/mol. The number of hydrogen-bond acceptors (Lipinski definition) is 5. The van der Waals surface area contributed by atoms with Gasteiger partial charge in [-0.3, -0.25) is 9.78 Å². The standard InChI is InChI=1S/C12H12ClN3OS2/c1-18-6-5-15-11(17)9-10(13)16-12(19-9)8-3-2-4-14-7-8/h2-4,7H,5-6H2,1H3,(H,15,17). The van der Waals surface area contributed by atoms with Gasteiger partial charge in [0.25, 0.3) is 5.91 Å². The zero-order chi connectivity index (χ0) is 13.7. The number of carbonyl (C=O) groups is 1. The maximum atomic E-state index is 11.9. The Balaban J connectivity index is 2.15. The zero-order valence-corrected chi connectivity index (χ0v) is 12.6. The molecule has 0 saturated heterocycles. The highest BCUT2D eigenvalue weighted by Gasteiger charge is 2.17. The van der Waals surface area contributed by atoms with Crippen molar-refractivity contribution in [3.63, 3.8) is 0 Å². The van der Waals surface area contributed by atoms with Crippen molar-refractivity contribution >= 4 is 40.6 Å². The van der Waals surface area contributed by atoms with E-state index in [2.05, 4.69) is 15.3 Å². The molecule has 0 spiro atoms. The summed E-state index contributed by atoms with van der Waals surface area (Å²) in [4.78, 5) is 20.6. The van der Waals surface area contributed by atoms with E-state index in [1.165, 1.54) is 11.3 Å².